The maximum Gasteiger partial charge on any atom is 0.253 e. The predicted molar refractivity (Wildman–Crippen MR) is 50.2 cm³/mol. The van der Waals surface area contributed by atoms with Gasteiger partial charge in [0, 0.05) is 12.7 Å². The van der Waals surface area contributed by atoms with E-state index in [-0.39, 0.29) is 5.91 Å². The minimum Gasteiger partial charge on any atom is -0.497 e. The largest absolute Gasteiger partial charge is 0.497 e. The molecule has 1 amide bonds. The molecule has 0 heterocycles. The maximum atomic E-state index is 11.2. The standard InChI is InChI=1S/C9H11N2O2/c1-11-9(12)7-5-6(13-2)3-4-8(7)10/h3-5H,1,10H2,2H3,(H,11,12). The molecule has 13 heavy (non-hydrogen) atoms. The van der Waals surface area contributed by atoms with Gasteiger partial charge in [-0.1, -0.05) is 0 Å². The molecule has 0 fully saturated rings. The number of rotatable bonds is 2. The summed E-state index contributed by atoms with van der Waals surface area (Å²) in [5.41, 5.74) is 6.35. The second-order valence-corrected chi connectivity index (χ2v) is 2.46. The molecular weight excluding hydrogens is 168 g/mol. The fraction of sp³-hybridized carbons (Fsp3) is 0.111. The highest BCUT2D eigenvalue weighted by atomic mass is 16.5. The lowest BCUT2D eigenvalue weighted by Gasteiger charge is -2.06. The molecule has 0 spiro atoms. The van der Waals surface area contributed by atoms with E-state index in [0.717, 1.165) is 0 Å². The Morgan fingerprint density at radius 1 is 1.62 bits per heavy atom. The van der Waals surface area contributed by atoms with E-state index >= 15 is 0 Å². The van der Waals surface area contributed by atoms with Gasteiger partial charge in [-0.05, 0) is 18.2 Å². The summed E-state index contributed by atoms with van der Waals surface area (Å²) in [7, 11) is 4.79. The molecule has 0 saturated carbocycles. The van der Waals surface area contributed by atoms with Gasteiger partial charge in [0.15, 0.2) is 0 Å². The molecule has 0 unspecified atom stereocenters. The summed E-state index contributed by atoms with van der Waals surface area (Å²) < 4.78 is 4.95. The first-order valence-corrected chi connectivity index (χ1v) is 3.70. The van der Waals surface area contributed by atoms with Crippen molar-refractivity contribution in [3.63, 3.8) is 0 Å². The zero-order valence-electron chi connectivity index (χ0n) is 7.33. The Morgan fingerprint density at radius 3 is 2.85 bits per heavy atom. The number of ether oxygens (including phenoxy) is 1. The van der Waals surface area contributed by atoms with Gasteiger partial charge >= 0.3 is 0 Å². The van der Waals surface area contributed by atoms with Crippen LogP contribution in [-0.2, 0) is 0 Å². The van der Waals surface area contributed by atoms with Gasteiger partial charge in [-0.15, -0.1) is 0 Å². The van der Waals surface area contributed by atoms with E-state index in [1.807, 2.05) is 0 Å². The number of nitrogens with two attached hydrogens (primary N) is 1. The second-order valence-electron chi connectivity index (χ2n) is 2.46. The fourth-order valence-electron chi connectivity index (χ4n) is 0.954. The topological polar surface area (TPSA) is 64.3 Å². The molecule has 0 aromatic heterocycles. The first kappa shape index (κ1) is 9.38. The number of carbonyl (C=O) groups excluding carboxylic acids is 1. The highest BCUT2D eigenvalue weighted by Gasteiger charge is 2.08. The van der Waals surface area contributed by atoms with Crippen LogP contribution in [0.4, 0.5) is 5.69 Å². The van der Waals surface area contributed by atoms with Crippen molar-refractivity contribution >= 4 is 11.6 Å². The quantitative estimate of drug-likeness (QED) is 0.660. The van der Waals surface area contributed by atoms with Gasteiger partial charge < -0.3 is 15.8 Å². The lowest BCUT2D eigenvalue weighted by atomic mass is 10.1. The molecule has 1 radical (unpaired) electrons. The Hall–Kier alpha value is -1.71. The Bertz CT molecular complexity index is 323. The molecule has 0 aliphatic carbocycles. The summed E-state index contributed by atoms with van der Waals surface area (Å²) in [4.78, 5) is 11.2. The van der Waals surface area contributed by atoms with E-state index in [4.69, 9.17) is 10.5 Å². The summed E-state index contributed by atoms with van der Waals surface area (Å²) in [6.07, 6.45) is 0. The van der Waals surface area contributed by atoms with E-state index in [1.165, 1.54) is 7.11 Å². The zero-order chi connectivity index (χ0) is 9.84. The van der Waals surface area contributed by atoms with Crippen molar-refractivity contribution in [3.8, 4) is 5.75 Å². The number of nitrogen functional groups attached to an aromatic ring is 1. The van der Waals surface area contributed by atoms with Crippen molar-refractivity contribution < 1.29 is 9.53 Å². The monoisotopic (exact) mass is 179 g/mol. The molecule has 0 atom stereocenters. The molecule has 3 N–H and O–H groups in total. The SMILES string of the molecule is [CH2]NC(=O)c1cc(OC)ccc1N. The van der Waals surface area contributed by atoms with Gasteiger partial charge in [0.25, 0.3) is 5.91 Å². The maximum absolute atomic E-state index is 11.2. The average molecular weight is 179 g/mol. The van der Waals surface area contributed by atoms with Crippen molar-refractivity contribution in [1.82, 2.24) is 5.32 Å². The molecule has 1 aromatic rings. The molecule has 0 aliphatic heterocycles. The minimum absolute atomic E-state index is 0.323. The number of anilines is 1. The van der Waals surface area contributed by atoms with Crippen LogP contribution in [-0.4, -0.2) is 13.0 Å². The third-order valence-electron chi connectivity index (χ3n) is 1.67. The number of nitrogens with one attached hydrogen (secondary N) is 1. The number of hydrogen-bond donors (Lipinski definition) is 2. The molecule has 0 bridgehead atoms. The lowest BCUT2D eigenvalue weighted by Crippen LogP contribution is -2.17. The van der Waals surface area contributed by atoms with Crippen molar-refractivity contribution in [2.45, 2.75) is 0 Å². The molecule has 1 aromatic carbocycles. The molecule has 0 saturated heterocycles. The van der Waals surface area contributed by atoms with Crippen LogP contribution in [0.1, 0.15) is 10.4 Å². The molecular formula is C9H11N2O2. The van der Waals surface area contributed by atoms with Crippen LogP contribution in [0.15, 0.2) is 18.2 Å². The third kappa shape index (κ3) is 1.90. The molecule has 0 aliphatic rings. The highest BCUT2D eigenvalue weighted by Crippen LogP contribution is 2.18. The van der Waals surface area contributed by atoms with Gasteiger partial charge in [0.2, 0.25) is 0 Å². The summed E-state index contributed by atoms with van der Waals surface area (Å²) in [6.45, 7) is 0. The minimum atomic E-state index is -0.323. The van der Waals surface area contributed by atoms with E-state index in [2.05, 4.69) is 12.4 Å². The normalized spacial score (nSPS) is 9.38. The van der Waals surface area contributed by atoms with Crippen LogP contribution in [0.5, 0.6) is 5.75 Å². The van der Waals surface area contributed by atoms with Crippen LogP contribution in [0.2, 0.25) is 0 Å². The number of hydrogen-bond acceptors (Lipinski definition) is 3. The van der Waals surface area contributed by atoms with E-state index < -0.39 is 0 Å². The summed E-state index contributed by atoms with van der Waals surface area (Å²) >= 11 is 0. The van der Waals surface area contributed by atoms with Crippen LogP contribution >= 0.6 is 0 Å². The van der Waals surface area contributed by atoms with Gasteiger partial charge in [-0.25, -0.2) is 0 Å². The Balaban J connectivity index is 3.11. The number of amides is 1. The van der Waals surface area contributed by atoms with E-state index in [0.29, 0.717) is 17.0 Å². The first-order valence-electron chi connectivity index (χ1n) is 3.70. The third-order valence-corrected chi connectivity index (χ3v) is 1.67. The lowest BCUT2D eigenvalue weighted by molar-refractivity contribution is 0.0969. The summed E-state index contributed by atoms with van der Waals surface area (Å²) in [6, 6.07) is 4.87. The second kappa shape index (κ2) is 3.80. The van der Waals surface area contributed by atoms with Crippen molar-refractivity contribution in [2.24, 2.45) is 0 Å². The number of methoxy groups -OCH3 is 1. The number of benzene rings is 1. The molecule has 4 heteroatoms. The molecule has 1 rings (SSSR count). The van der Waals surface area contributed by atoms with Gasteiger partial charge in [0.05, 0.1) is 12.7 Å². The van der Waals surface area contributed by atoms with Crippen molar-refractivity contribution in [3.05, 3.63) is 30.8 Å². The summed E-state index contributed by atoms with van der Waals surface area (Å²) in [5, 5.41) is 2.25. The predicted octanol–water partition coefficient (Wildman–Crippen LogP) is 0.799. The van der Waals surface area contributed by atoms with Crippen LogP contribution in [0.25, 0.3) is 0 Å². The molecule has 4 nitrogen and oxygen atoms in total. The smallest absolute Gasteiger partial charge is 0.253 e. The van der Waals surface area contributed by atoms with Crippen molar-refractivity contribution in [1.29, 1.82) is 0 Å². The Morgan fingerprint density at radius 2 is 2.31 bits per heavy atom. The Kier molecular flexibility index (Phi) is 2.74. The van der Waals surface area contributed by atoms with Gasteiger partial charge in [-0.2, -0.15) is 0 Å². The summed E-state index contributed by atoms with van der Waals surface area (Å²) in [5.74, 6) is 0.268. The van der Waals surface area contributed by atoms with Gasteiger partial charge in [0.1, 0.15) is 5.75 Å². The van der Waals surface area contributed by atoms with Crippen LogP contribution < -0.4 is 15.8 Å². The van der Waals surface area contributed by atoms with Gasteiger partial charge in [-0.3, -0.25) is 4.79 Å². The zero-order valence-corrected chi connectivity index (χ0v) is 7.33. The highest BCUT2D eigenvalue weighted by molar-refractivity contribution is 5.99. The molecule has 69 valence electrons. The van der Waals surface area contributed by atoms with E-state index in [9.17, 15) is 4.79 Å². The fourth-order valence-corrected chi connectivity index (χ4v) is 0.954. The van der Waals surface area contributed by atoms with E-state index in [1.54, 1.807) is 18.2 Å². The first-order chi connectivity index (χ1) is 6.19. The van der Waals surface area contributed by atoms with Crippen molar-refractivity contribution in [2.75, 3.05) is 12.8 Å². The van der Waals surface area contributed by atoms with Crippen LogP contribution in [0, 0.1) is 7.05 Å². The van der Waals surface area contributed by atoms with Crippen LogP contribution in [0.3, 0.4) is 0 Å². The average Bonchev–Trinajstić information content (AvgIpc) is 2.17. The Labute approximate surface area is 76.7 Å². The number of carbonyl (C=O) groups is 1.